The Kier molecular flexibility index (Phi) is 3.91. The predicted molar refractivity (Wildman–Crippen MR) is 94.0 cm³/mol. The van der Waals surface area contributed by atoms with Crippen molar-refractivity contribution >= 4 is 28.6 Å². The van der Waals surface area contributed by atoms with Crippen molar-refractivity contribution in [2.24, 2.45) is 7.05 Å². The van der Waals surface area contributed by atoms with Crippen molar-refractivity contribution in [3.63, 3.8) is 0 Å². The van der Waals surface area contributed by atoms with Gasteiger partial charge in [0.25, 0.3) is 11.8 Å². The number of hydrogen-bond donors (Lipinski definition) is 1. The highest BCUT2D eigenvalue weighted by molar-refractivity contribution is 6.26. The van der Waals surface area contributed by atoms with Gasteiger partial charge >= 0.3 is 5.97 Å². The van der Waals surface area contributed by atoms with E-state index in [4.69, 9.17) is 5.11 Å². The Labute approximate surface area is 153 Å². The van der Waals surface area contributed by atoms with Crippen LogP contribution >= 0.6 is 0 Å². The number of carbonyl (C=O) groups is 3. The maximum Gasteiger partial charge on any atom is 0.303 e. The molecule has 1 aliphatic heterocycles. The van der Waals surface area contributed by atoms with E-state index < -0.39 is 17.8 Å². The van der Waals surface area contributed by atoms with Crippen molar-refractivity contribution in [1.29, 1.82) is 0 Å². The average molecular weight is 365 g/mol. The number of carboxylic acid groups (broad SMARTS) is 1. The molecule has 2 amide bonds. The van der Waals surface area contributed by atoms with E-state index in [1.807, 2.05) is 6.07 Å². The number of aromatic nitrogens is 4. The number of aliphatic carboxylic acids is 1. The van der Waals surface area contributed by atoms with Gasteiger partial charge in [0.15, 0.2) is 5.82 Å². The van der Waals surface area contributed by atoms with E-state index in [0.29, 0.717) is 22.3 Å². The summed E-state index contributed by atoms with van der Waals surface area (Å²) in [4.78, 5) is 37.6. The van der Waals surface area contributed by atoms with Crippen LogP contribution in [0.2, 0.25) is 0 Å². The molecule has 136 valence electrons. The molecule has 0 unspecified atom stereocenters. The van der Waals surface area contributed by atoms with Crippen LogP contribution in [0, 0.1) is 0 Å². The van der Waals surface area contributed by atoms with E-state index in [1.54, 1.807) is 31.3 Å². The van der Waals surface area contributed by atoms with Crippen LogP contribution < -0.4 is 0 Å². The first-order valence-corrected chi connectivity index (χ1v) is 8.35. The van der Waals surface area contributed by atoms with E-state index in [2.05, 4.69) is 15.5 Å². The van der Waals surface area contributed by atoms with Gasteiger partial charge in [-0.2, -0.15) is 0 Å². The van der Waals surface area contributed by atoms with E-state index in [9.17, 15) is 14.4 Å². The van der Waals surface area contributed by atoms with Gasteiger partial charge in [0.05, 0.1) is 0 Å². The molecule has 0 saturated carbocycles. The highest BCUT2D eigenvalue weighted by Crippen LogP contribution is 2.35. The van der Waals surface area contributed by atoms with Crippen LogP contribution in [-0.4, -0.2) is 54.5 Å². The molecule has 1 aliphatic rings. The number of benzene rings is 2. The second-order valence-electron chi connectivity index (χ2n) is 6.27. The topological polar surface area (TPSA) is 118 Å². The summed E-state index contributed by atoms with van der Waals surface area (Å²) in [6.07, 6.45) is 0.104. The monoisotopic (exact) mass is 365 g/mol. The number of carboxylic acids is 1. The quantitative estimate of drug-likeness (QED) is 0.681. The lowest BCUT2D eigenvalue weighted by molar-refractivity contribution is -0.137. The third-order valence-corrected chi connectivity index (χ3v) is 4.63. The normalized spacial score (nSPS) is 13.4. The minimum absolute atomic E-state index is 0.0642. The van der Waals surface area contributed by atoms with Gasteiger partial charge in [-0.1, -0.05) is 12.1 Å². The molecule has 0 saturated heterocycles. The summed E-state index contributed by atoms with van der Waals surface area (Å²) in [5.74, 6) is -1.27. The summed E-state index contributed by atoms with van der Waals surface area (Å²) in [5.41, 5.74) is 1.55. The lowest BCUT2D eigenvalue weighted by atomic mass is 9.91. The first-order valence-electron chi connectivity index (χ1n) is 8.35. The molecule has 1 aromatic heterocycles. The highest BCUT2D eigenvalue weighted by Gasteiger charge is 2.33. The molecule has 9 nitrogen and oxygen atoms in total. The molecule has 2 heterocycles. The Morgan fingerprint density at radius 3 is 2.44 bits per heavy atom. The van der Waals surface area contributed by atoms with Gasteiger partial charge in [-0.05, 0) is 40.4 Å². The zero-order chi connectivity index (χ0) is 19.1. The fraction of sp³-hybridized carbons (Fsp3) is 0.222. The Morgan fingerprint density at radius 1 is 1.07 bits per heavy atom. The van der Waals surface area contributed by atoms with Crippen LogP contribution in [0.3, 0.4) is 0 Å². The van der Waals surface area contributed by atoms with Crippen LogP contribution in [0.4, 0.5) is 0 Å². The van der Waals surface area contributed by atoms with Crippen molar-refractivity contribution in [3.05, 3.63) is 41.5 Å². The van der Waals surface area contributed by atoms with Gasteiger partial charge in [0, 0.05) is 42.1 Å². The lowest BCUT2D eigenvalue weighted by Gasteiger charge is -2.27. The first-order chi connectivity index (χ1) is 13.0. The zero-order valence-electron chi connectivity index (χ0n) is 14.4. The largest absolute Gasteiger partial charge is 0.481 e. The van der Waals surface area contributed by atoms with Crippen molar-refractivity contribution < 1.29 is 19.5 Å². The first kappa shape index (κ1) is 16.8. The Morgan fingerprint density at radius 2 is 1.78 bits per heavy atom. The summed E-state index contributed by atoms with van der Waals surface area (Å²) >= 11 is 0. The van der Waals surface area contributed by atoms with Crippen LogP contribution in [-0.2, 0) is 11.8 Å². The van der Waals surface area contributed by atoms with E-state index in [1.165, 1.54) is 4.68 Å². The zero-order valence-corrected chi connectivity index (χ0v) is 14.4. The maximum absolute atomic E-state index is 12.9. The van der Waals surface area contributed by atoms with Crippen molar-refractivity contribution in [2.45, 2.75) is 12.8 Å². The molecular weight excluding hydrogens is 350 g/mol. The molecule has 0 atom stereocenters. The van der Waals surface area contributed by atoms with Crippen molar-refractivity contribution in [1.82, 2.24) is 25.1 Å². The minimum Gasteiger partial charge on any atom is -0.481 e. The van der Waals surface area contributed by atoms with Gasteiger partial charge in [-0.3, -0.25) is 19.3 Å². The second kappa shape index (κ2) is 6.27. The van der Waals surface area contributed by atoms with Crippen LogP contribution in [0.25, 0.3) is 22.2 Å². The Hall–Kier alpha value is -3.62. The highest BCUT2D eigenvalue weighted by atomic mass is 16.4. The summed E-state index contributed by atoms with van der Waals surface area (Å²) in [5, 5.41) is 21.6. The van der Waals surface area contributed by atoms with E-state index in [0.717, 1.165) is 15.8 Å². The molecular formula is C18H15N5O4. The number of tetrazole rings is 1. The average Bonchev–Trinajstić information content (AvgIpc) is 3.07. The number of hydrogen-bond acceptors (Lipinski definition) is 6. The second-order valence-corrected chi connectivity index (χ2v) is 6.27. The standard InChI is InChI=1S/C18H15N5O4/c1-22-16(19-20-21-22)11-7-8-13-15-10(11)4-2-5-12(15)17(26)23(18(13)27)9-3-6-14(24)25/h2,4-5,7-8H,3,6,9H2,1H3,(H,24,25). The third kappa shape index (κ3) is 2.64. The van der Waals surface area contributed by atoms with Gasteiger partial charge in [0.1, 0.15) is 0 Å². The molecule has 2 aromatic carbocycles. The van der Waals surface area contributed by atoms with E-state index >= 15 is 0 Å². The van der Waals surface area contributed by atoms with Crippen LogP contribution in [0.15, 0.2) is 30.3 Å². The van der Waals surface area contributed by atoms with Gasteiger partial charge in [0.2, 0.25) is 0 Å². The number of nitrogens with zero attached hydrogens (tertiary/aromatic N) is 5. The van der Waals surface area contributed by atoms with Crippen LogP contribution in [0.1, 0.15) is 33.6 Å². The molecule has 0 aliphatic carbocycles. The number of rotatable bonds is 5. The van der Waals surface area contributed by atoms with Crippen LogP contribution in [0.5, 0.6) is 0 Å². The summed E-state index contributed by atoms with van der Waals surface area (Å²) in [6, 6.07) is 8.67. The number of carbonyl (C=O) groups excluding carboxylic acids is 2. The fourth-order valence-electron chi connectivity index (χ4n) is 3.39. The molecule has 0 bridgehead atoms. The van der Waals surface area contributed by atoms with Gasteiger partial charge in [-0.25, -0.2) is 4.68 Å². The van der Waals surface area contributed by atoms with E-state index in [-0.39, 0.29) is 19.4 Å². The number of aryl methyl sites for hydroxylation is 1. The minimum atomic E-state index is -0.962. The molecule has 3 aromatic rings. The lowest BCUT2D eigenvalue weighted by Crippen LogP contribution is -2.41. The summed E-state index contributed by atoms with van der Waals surface area (Å²) in [6.45, 7) is 0.0642. The Balaban J connectivity index is 1.83. The molecule has 0 spiro atoms. The third-order valence-electron chi connectivity index (χ3n) is 4.63. The Bertz CT molecular complexity index is 1080. The molecule has 27 heavy (non-hydrogen) atoms. The molecule has 4 rings (SSSR count). The summed E-state index contributed by atoms with van der Waals surface area (Å²) in [7, 11) is 1.71. The van der Waals surface area contributed by atoms with Crippen molar-refractivity contribution in [3.8, 4) is 11.4 Å². The maximum atomic E-state index is 12.9. The number of imide groups is 1. The molecule has 1 N–H and O–H groups in total. The summed E-state index contributed by atoms with van der Waals surface area (Å²) < 4.78 is 1.52. The van der Waals surface area contributed by atoms with Gasteiger partial charge in [-0.15, -0.1) is 5.10 Å². The SMILES string of the molecule is Cn1nnnc1-c1ccc2c3c(cccc13)C(=O)N(CCCC(=O)O)C2=O. The molecule has 0 radical (unpaired) electrons. The molecule has 9 heteroatoms. The number of amides is 2. The fourth-order valence-corrected chi connectivity index (χ4v) is 3.39. The van der Waals surface area contributed by atoms with Crippen molar-refractivity contribution in [2.75, 3.05) is 6.54 Å². The predicted octanol–water partition coefficient (Wildman–Crippen LogP) is 1.49. The van der Waals surface area contributed by atoms with Gasteiger partial charge < -0.3 is 5.11 Å². The smallest absolute Gasteiger partial charge is 0.303 e. The molecule has 0 fully saturated rings.